The normalized spacial score (nSPS) is 17.6. The van der Waals surface area contributed by atoms with Gasteiger partial charge in [-0.25, -0.2) is 0 Å². The Morgan fingerprint density at radius 3 is 2.62 bits per heavy atom. The second kappa shape index (κ2) is 9.04. The highest BCUT2D eigenvalue weighted by Crippen LogP contribution is 2.23. The molecule has 1 amide bonds. The summed E-state index contributed by atoms with van der Waals surface area (Å²) in [5.41, 5.74) is 0.637. The number of aromatic hydroxyl groups is 1. The molecule has 2 rings (SSSR count). The summed E-state index contributed by atoms with van der Waals surface area (Å²) >= 11 is 0. The van der Waals surface area contributed by atoms with Crippen molar-refractivity contribution in [3.8, 4) is 5.75 Å². The Morgan fingerprint density at radius 1 is 1.33 bits per heavy atom. The molecule has 24 heavy (non-hydrogen) atoms. The molecule has 1 aromatic rings. The maximum absolute atomic E-state index is 12.6. The smallest absolute Gasteiger partial charge is 0.222 e. The van der Waals surface area contributed by atoms with Gasteiger partial charge in [0.25, 0.3) is 0 Å². The van der Waals surface area contributed by atoms with Gasteiger partial charge in [-0.1, -0.05) is 19.1 Å². The second-order valence-electron chi connectivity index (χ2n) is 6.62. The lowest BCUT2D eigenvalue weighted by Crippen LogP contribution is -2.38. The van der Waals surface area contributed by atoms with Gasteiger partial charge in [-0.05, 0) is 63.0 Å². The van der Waals surface area contributed by atoms with Crippen molar-refractivity contribution in [1.82, 2.24) is 9.80 Å². The quantitative estimate of drug-likeness (QED) is 0.804. The van der Waals surface area contributed by atoms with Gasteiger partial charge < -0.3 is 20.0 Å². The number of likely N-dealkylation sites (tertiary alicyclic amines) is 1. The lowest BCUT2D eigenvalue weighted by Gasteiger charge is -2.32. The predicted octanol–water partition coefficient (Wildman–Crippen LogP) is 2.40. The van der Waals surface area contributed by atoms with Crippen LogP contribution in [0.5, 0.6) is 5.75 Å². The molecular formula is C19H30N2O3. The van der Waals surface area contributed by atoms with Gasteiger partial charge in [0.1, 0.15) is 5.75 Å². The summed E-state index contributed by atoms with van der Waals surface area (Å²) in [5, 5.41) is 19.9. The number of benzene rings is 1. The first-order valence-electron chi connectivity index (χ1n) is 9.00. The third kappa shape index (κ3) is 5.21. The standard InChI is InChI=1S/C19H30N2O3/c1-3-20-10-8-15(9-11-20)12-19(24)21(4-2)14-18(23)16-6-5-7-17(22)13-16/h5-7,13,15,18,22-23H,3-4,8-12,14H2,1-2H3. The maximum atomic E-state index is 12.6. The number of aliphatic hydroxyl groups is 1. The predicted molar refractivity (Wildman–Crippen MR) is 94.8 cm³/mol. The number of hydrogen-bond acceptors (Lipinski definition) is 4. The fraction of sp³-hybridized carbons (Fsp3) is 0.632. The lowest BCUT2D eigenvalue weighted by atomic mass is 9.93. The molecule has 1 aliphatic heterocycles. The van der Waals surface area contributed by atoms with Crippen LogP contribution in [0.15, 0.2) is 24.3 Å². The van der Waals surface area contributed by atoms with E-state index in [1.807, 2.05) is 6.92 Å². The molecule has 0 spiro atoms. The number of piperidine rings is 1. The van der Waals surface area contributed by atoms with Crippen LogP contribution in [0.2, 0.25) is 0 Å². The highest BCUT2D eigenvalue weighted by atomic mass is 16.3. The number of phenolic OH excluding ortho intramolecular Hbond substituents is 1. The molecule has 2 N–H and O–H groups in total. The van der Waals surface area contributed by atoms with Crippen LogP contribution < -0.4 is 0 Å². The molecule has 0 radical (unpaired) electrons. The molecule has 0 saturated carbocycles. The molecule has 0 bridgehead atoms. The molecule has 1 unspecified atom stereocenters. The van der Waals surface area contributed by atoms with Gasteiger partial charge in [0.15, 0.2) is 0 Å². The van der Waals surface area contributed by atoms with Crippen molar-refractivity contribution in [2.75, 3.05) is 32.7 Å². The van der Waals surface area contributed by atoms with E-state index in [9.17, 15) is 15.0 Å². The number of carbonyl (C=O) groups is 1. The Labute approximate surface area is 144 Å². The molecule has 1 fully saturated rings. The van der Waals surface area contributed by atoms with Gasteiger partial charge in [0.2, 0.25) is 5.91 Å². The van der Waals surface area contributed by atoms with E-state index in [1.54, 1.807) is 29.2 Å². The number of nitrogens with zero attached hydrogens (tertiary/aromatic N) is 2. The van der Waals surface area contributed by atoms with Crippen molar-refractivity contribution < 1.29 is 15.0 Å². The van der Waals surface area contributed by atoms with Crippen LogP contribution in [0.25, 0.3) is 0 Å². The maximum Gasteiger partial charge on any atom is 0.222 e. The van der Waals surface area contributed by atoms with Gasteiger partial charge >= 0.3 is 0 Å². The van der Waals surface area contributed by atoms with Gasteiger partial charge in [-0.3, -0.25) is 4.79 Å². The van der Waals surface area contributed by atoms with E-state index in [0.29, 0.717) is 24.4 Å². The molecule has 5 heteroatoms. The van der Waals surface area contributed by atoms with Crippen LogP contribution in [0, 0.1) is 5.92 Å². The summed E-state index contributed by atoms with van der Waals surface area (Å²) in [7, 11) is 0. The fourth-order valence-corrected chi connectivity index (χ4v) is 3.34. The number of amides is 1. The zero-order valence-electron chi connectivity index (χ0n) is 14.8. The zero-order chi connectivity index (χ0) is 17.5. The molecule has 1 aliphatic rings. The minimum atomic E-state index is -0.775. The first-order valence-corrected chi connectivity index (χ1v) is 9.00. The molecular weight excluding hydrogens is 304 g/mol. The monoisotopic (exact) mass is 334 g/mol. The molecule has 1 heterocycles. The van der Waals surface area contributed by atoms with Crippen molar-refractivity contribution in [2.45, 2.75) is 39.2 Å². The minimum Gasteiger partial charge on any atom is -0.508 e. The molecule has 1 atom stereocenters. The summed E-state index contributed by atoms with van der Waals surface area (Å²) in [6.07, 6.45) is 1.94. The van der Waals surface area contributed by atoms with E-state index in [-0.39, 0.29) is 18.2 Å². The molecule has 0 aliphatic carbocycles. The van der Waals surface area contributed by atoms with Crippen LogP contribution in [0.3, 0.4) is 0 Å². The molecule has 0 aromatic heterocycles. The Morgan fingerprint density at radius 2 is 2.04 bits per heavy atom. The average Bonchev–Trinajstić information content (AvgIpc) is 2.60. The number of aliphatic hydroxyl groups excluding tert-OH is 1. The highest BCUT2D eigenvalue weighted by molar-refractivity contribution is 5.76. The Hall–Kier alpha value is -1.59. The topological polar surface area (TPSA) is 64.0 Å². The van der Waals surface area contributed by atoms with E-state index in [4.69, 9.17) is 0 Å². The molecule has 5 nitrogen and oxygen atoms in total. The Bertz CT molecular complexity index is 527. The Kier molecular flexibility index (Phi) is 7.06. The summed E-state index contributed by atoms with van der Waals surface area (Å²) in [6, 6.07) is 6.59. The van der Waals surface area contributed by atoms with Gasteiger partial charge in [-0.2, -0.15) is 0 Å². The van der Waals surface area contributed by atoms with Gasteiger partial charge in [0.05, 0.1) is 12.6 Å². The van der Waals surface area contributed by atoms with Crippen molar-refractivity contribution in [3.05, 3.63) is 29.8 Å². The number of hydrogen-bond donors (Lipinski definition) is 2. The third-order valence-corrected chi connectivity index (χ3v) is 5.00. The third-order valence-electron chi connectivity index (χ3n) is 5.00. The minimum absolute atomic E-state index is 0.117. The summed E-state index contributed by atoms with van der Waals surface area (Å²) in [5.74, 6) is 0.697. The SMILES string of the molecule is CCN1CCC(CC(=O)N(CC)CC(O)c2cccc(O)c2)CC1. The van der Waals surface area contributed by atoms with Crippen LogP contribution in [-0.4, -0.2) is 58.6 Å². The first kappa shape index (κ1) is 18.7. The van der Waals surface area contributed by atoms with E-state index in [1.165, 1.54) is 0 Å². The van der Waals surface area contributed by atoms with Crippen LogP contribution in [-0.2, 0) is 4.79 Å². The average molecular weight is 334 g/mol. The first-order chi connectivity index (χ1) is 11.5. The van der Waals surface area contributed by atoms with E-state index >= 15 is 0 Å². The van der Waals surface area contributed by atoms with Crippen molar-refractivity contribution in [1.29, 1.82) is 0 Å². The van der Waals surface area contributed by atoms with Crippen LogP contribution in [0.1, 0.15) is 44.8 Å². The molecule has 134 valence electrons. The van der Waals surface area contributed by atoms with Crippen LogP contribution in [0.4, 0.5) is 0 Å². The Balaban J connectivity index is 1.87. The lowest BCUT2D eigenvalue weighted by molar-refractivity contribution is -0.133. The van der Waals surface area contributed by atoms with Gasteiger partial charge in [0, 0.05) is 13.0 Å². The van der Waals surface area contributed by atoms with Gasteiger partial charge in [-0.15, -0.1) is 0 Å². The summed E-state index contributed by atoms with van der Waals surface area (Å²) in [6.45, 7) is 8.20. The highest BCUT2D eigenvalue weighted by Gasteiger charge is 2.24. The summed E-state index contributed by atoms with van der Waals surface area (Å²) in [4.78, 5) is 16.7. The number of likely N-dealkylation sites (N-methyl/N-ethyl adjacent to an activating group) is 1. The molecule has 1 saturated heterocycles. The zero-order valence-corrected chi connectivity index (χ0v) is 14.8. The fourth-order valence-electron chi connectivity index (χ4n) is 3.34. The molecule has 1 aromatic carbocycles. The van der Waals surface area contributed by atoms with Crippen LogP contribution >= 0.6 is 0 Å². The van der Waals surface area contributed by atoms with Crippen molar-refractivity contribution in [3.63, 3.8) is 0 Å². The number of rotatable bonds is 7. The van der Waals surface area contributed by atoms with E-state index in [0.717, 1.165) is 32.5 Å². The summed E-state index contributed by atoms with van der Waals surface area (Å²) < 4.78 is 0. The largest absolute Gasteiger partial charge is 0.508 e. The number of phenols is 1. The van der Waals surface area contributed by atoms with Crippen molar-refractivity contribution >= 4 is 5.91 Å². The van der Waals surface area contributed by atoms with E-state index < -0.39 is 6.10 Å². The van der Waals surface area contributed by atoms with E-state index in [2.05, 4.69) is 11.8 Å². The number of carbonyl (C=O) groups excluding carboxylic acids is 1. The van der Waals surface area contributed by atoms with Crippen molar-refractivity contribution in [2.24, 2.45) is 5.92 Å². The second-order valence-corrected chi connectivity index (χ2v) is 6.62.